The van der Waals surface area contributed by atoms with Crippen molar-refractivity contribution in [1.29, 1.82) is 0 Å². The minimum atomic E-state index is -0.0256. The molecule has 1 aromatic carbocycles. The van der Waals surface area contributed by atoms with E-state index < -0.39 is 0 Å². The van der Waals surface area contributed by atoms with Gasteiger partial charge in [-0.3, -0.25) is 4.79 Å². The average molecular weight is 388 g/mol. The van der Waals surface area contributed by atoms with Crippen LogP contribution in [0.15, 0.2) is 18.2 Å². The van der Waals surface area contributed by atoms with E-state index in [0.717, 1.165) is 23.2 Å². The molecule has 1 fully saturated rings. The number of carbonyl (C=O) groups is 1. The van der Waals surface area contributed by atoms with Crippen molar-refractivity contribution in [2.45, 2.75) is 0 Å². The van der Waals surface area contributed by atoms with Crippen molar-refractivity contribution in [3.05, 3.63) is 33.1 Å². The van der Waals surface area contributed by atoms with Gasteiger partial charge in [0.15, 0.2) is 5.11 Å². The summed E-state index contributed by atoms with van der Waals surface area (Å²) in [5.41, 5.74) is 0. The zero-order chi connectivity index (χ0) is 16.6. The summed E-state index contributed by atoms with van der Waals surface area (Å²) in [6.45, 7) is 2.71. The first-order valence-electron chi connectivity index (χ1n) is 7.14. The van der Waals surface area contributed by atoms with E-state index in [0.29, 0.717) is 33.1 Å². The molecule has 0 atom stereocenters. The lowest BCUT2D eigenvalue weighted by Gasteiger charge is -2.35. The number of fused-ring (bicyclic) bond motifs is 1. The molecular weight excluding hydrogens is 373 g/mol. The van der Waals surface area contributed by atoms with Crippen LogP contribution in [0.25, 0.3) is 10.1 Å². The summed E-state index contributed by atoms with van der Waals surface area (Å²) in [4.78, 5) is 17.2. The van der Waals surface area contributed by atoms with Gasteiger partial charge in [-0.2, -0.15) is 0 Å². The Morgan fingerprint density at radius 1 is 1.22 bits per heavy atom. The largest absolute Gasteiger partial charge is 0.366 e. The highest BCUT2D eigenvalue weighted by molar-refractivity contribution is 7.80. The van der Waals surface area contributed by atoms with Gasteiger partial charge in [-0.1, -0.05) is 29.3 Å². The number of thiophene rings is 1. The molecule has 23 heavy (non-hydrogen) atoms. The quantitative estimate of drug-likeness (QED) is 0.759. The summed E-state index contributed by atoms with van der Waals surface area (Å²) in [6.07, 6.45) is 0. The lowest BCUT2D eigenvalue weighted by atomic mass is 10.2. The molecule has 0 unspecified atom stereocenters. The molecule has 1 amide bonds. The van der Waals surface area contributed by atoms with Gasteiger partial charge in [0.2, 0.25) is 0 Å². The third-order valence-corrected chi connectivity index (χ3v) is 6.20. The minimum absolute atomic E-state index is 0.0256. The van der Waals surface area contributed by atoms with E-state index in [1.807, 2.05) is 24.1 Å². The average Bonchev–Trinajstić information content (AvgIpc) is 2.89. The fraction of sp³-hybridized carbons (Fsp3) is 0.333. The third kappa shape index (κ3) is 3.26. The number of piperazine rings is 1. The van der Waals surface area contributed by atoms with Crippen LogP contribution < -0.4 is 5.32 Å². The first-order valence-corrected chi connectivity index (χ1v) is 9.13. The van der Waals surface area contributed by atoms with Crippen molar-refractivity contribution < 1.29 is 4.79 Å². The van der Waals surface area contributed by atoms with Crippen LogP contribution in [0, 0.1) is 0 Å². The maximum absolute atomic E-state index is 12.8. The summed E-state index contributed by atoms with van der Waals surface area (Å²) < 4.78 is 0.931. The molecule has 1 N–H and O–H groups in total. The topological polar surface area (TPSA) is 35.6 Å². The molecule has 2 aromatic rings. The van der Waals surface area contributed by atoms with Gasteiger partial charge in [-0.25, -0.2) is 0 Å². The first-order chi connectivity index (χ1) is 11.0. The maximum Gasteiger partial charge on any atom is 0.265 e. The van der Waals surface area contributed by atoms with Gasteiger partial charge in [-0.15, -0.1) is 11.3 Å². The van der Waals surface area contributed by atoms with Crippen molar-refractivity contribution in [2.75, 3.05) is 33.2 Å². The van der Waals surface area contributed by atoms with Crippen LogP contribution in [0.5, 0.6) is 0 Å². The minimum Gasteiger partial charge on any atom is -0.366 e. The highest BCUT2D eigenvalue weighted by Crippen LogP contribution is 2.37. The molecule has 0 radical (unpaired) electrons. The van der Waals surface area contributed by atoms with Crippen molar-refractivity contribution >= 4 is 67.9 Å². The Balaban J connectivity index is 1.79. The molecule has 4 nitrogen and oxygen atoms in total. The molecule has 122 valence electrons. The van der Waals surface area contributed by atoms with Gasteiger partial charge in [0, 0.05) is 48.3 Å². The van der Waals surface area contributed by atoms with E-state index in [4.69, 9.17) is 35.4 Å². The van der Waals surface area contributed by atoms with Gasteiger partial charge in [0.25, 0.3) is 5.91 Å². The summed E-state index contributed by atoms with van der Waals surface area (Å²) in [5.74, 6) is -0.0256. The standard InChI is InChI=1S/C15H15Cl2N3OS2/c1-18-15(22)20-6-4-19(5-7-20)14(21)13-12(17)10-3-2-9(16)8-11(10)23-13/h2-3,8H,4-7H2,1H3,(H,18,22). The summed E-state index contributed by atoms with van der Waals surface area (Å²) in [5, 5.41) is 5.71. The van der Waals surface area contributed by atoms with Gasteiger partial charge < -0.3 is 15.1 Å². The molecule has 8 heteroatoms. The highest BCUT2D eigenvalue weighted by atomic mass is 35.5. The molecule has 0 bridgehead atoms. The smallest absolute Gasteiger partial charge is 0.265 e. The van der Waals surface area contributed by atoms with E-state index in [9.17, 15) is 4.79 Å². The number of halogens is 2. The number of nitrogens with zero attached hydrogens (tertiary/aromatic N) is 2. The number of carbonyl (C=O) groups excluding carboxylic acids is 1. The Hall–Kier alpha value is -1.08. The monoisotopic (exact) mass is 387 g/mol. The van der Waals surface area contributed by atoms with Crippen LogP contribution >= 0.6 is 46.8 Å². The molecule has 1 aliphatic heterocycles. The lowest BCUT2D eigenvalue weighted by molar-refractivity contribution is 0.0697. The lowest BCUT2D eigenvalue weighted by Crippen LogP contribution is -2.52. The number of amides is 1. The molecule has 3 rings (SSSR count). The van der Waals surface area contributed by atoms with Crippen molar-refractivity contribution in [3.63, 3.8) is 0 Å². The molecule has 0 spiro atoms. The molecule has 2 heterocycles. The predicted octanol–water partition coefficient (Wildman–Crippen LogP) is 3.47. The van der Waals surface area contributed by atoms with E-state index in [2.05, 4.69) is 10.2 Å². The van der Waals surface area contributed by atoms with E-state index in [-0.39, 0.29) is 5.91 Å². The zero-order valence-electron chi connectivity index (χ0n) is 12.4. The molecule has 1 aromatic heterocycles. The van der Waals surface area contributed by atoms with E-state index >= 15 is 0 Å². The second-order valence-corrected chi connectivity index (χ2v) is 7.47. The second-order valence-electron chi connectivity index (χ2n) is 5.22. The first kappa shape index (κ1) is 16.8. The fourth-order valence-corrected chi connectivity index (χ4v) is 4.53. The number of nitrogens with one attached hydrogen (secondary N) is 1. The molecule has 0 saturated carbocycles. The normalized spacial score (nSPS) is 15.1. The Morgan fingerprint density at radius 2 is 1.87 bits per heavy atom. The molecule has 0 aliphatic carbocycles. The number of hydrogen-bond donors (Lipinski definition) is 1. The third-order valence-electron chi connectivity index (χ3n) is 3.85. The van der Waals surface area contributed by atoms with Gasteiger partial charge in [0.05, 0.1) is 5.02 Å². The number of thiocarbonyl (C=S) groups is 1. The zero-order valence-corrected chi connectivity index (χ0v) is 15.6. The second kappa shape index (κ2) is 6.81. The van der Waals surface area contributed by atoms with Crippen molar-refractivity contribution in [3.8, 4) is 0 Å². The Labute approximate surface area is 153 Å². The summed E-state index contributed by atoms with van der Waals surface area (Å²) in [7, 11) is 1.81. The highest BCUT2D eigenvalue weighted by Gasteiger charge is 2.26. The fourth-order valence-electron chi connectivity index (χ4n) is 2.59. The molecule has 1 aliphatic rings. The molecule has 1 saturated heterocycles. The Morgan fingerprint density at radius 3 is 2.52 bits per heavy atom. The summed E-state index contributed by atoms with van der Waals surface area (Å²) >= 11 is 19.0. The van der Waals surface area contributed by atoms with Gasteiger partial charge >= 0.3 is 0 Å². The van der Waals surface area contributed by atoms with Crippen LogP contribution in [-0.4, -0.2) is 54.0 Å². The van der Waals surface area contributed by atoms with E-state index in [1.54, 1.807) is 6.07 Å². The van der Waals surface area contributed by atoms with Crippen LogP contribution in [0.3, 0.4) is 0 Å². The summed E-state index contributed by atoms with van der Waals surface area (Å²) in [6, 6.07) is 5.48. The maximum atomic E-state index is 12.8. The number of hydrogen-bond acceptors (Lipinski definition) is 3. The van der Waals surface area contributed by atoms with E-state index in [1.165, 1.54) is 11.3 Å². The Kier molecular flexibility index (Phi) is 4.96. The van der Waals surface area contributed by atoms with Crippen LogP contribution in [0.1, 0.15) is 9.67 Å². The predicted molar refractivity (Wildman–Crippen MR) is 101 cm³/mol. The number of rotatable bonds is 1. The van der Waals surface area contributed by atoms with Gasteiger partial charge in [-0.05, 0) is 24.4 Å². The van der Waals surface area contributed by atoms with Gasteiger partial charge in [0.1, 0.15) is 4.88 Å². The number of benzene rings is 1. The van der Waals surface area contributed by atoms with Crippen LogP contribution in [-0.2, 0) is 0 Å². The molecular formula is C15H15Cl2N3OS2. The van der Waals surface area contributed by atoms with Crippen molar-refractivity contribution in [2.24, 2.45) is 0 Å². The van der Waals surface area contributed by atoms with Crippen molar-refractivity contribution in [1.82, 2.24) is 15.1 Å². The van der Waals surface area contributed by atoms with Crippen LogP contribution in [0.2, 0.25) is 10.0 Å². The Bertz CT molecular complexity index is 769. The SMILES string of the molecule is CNC(=S)N1CCN(C(=O)c2sc3cc(Cl)ccc3c2Cl)CC1. The van der Waals surface area contributed by atoms with Crippen LogP contribution in [0.4, 0.5) is 0 Å².